The lowest BCUT2D eigenvalue weighted by Gasteiger charge is -2.34. The lowest BCUT2D eigenvalue weighted by Crippen LogP contribution is -2.40. The highest BCUT2D eigenvalue weighted by Gasteiger charge is 2.32. The molecule has 2 rings (SSSR count). The molecule has 0 aliphatic rings. The number of aliphatic hydroxyl groups is 1. The quantitative estimate of drug-likeness (QED) is 0.788. The van der Waals surface area contributed by atoms with Crippen LogP contribution >= 0.6 is 0 Å². The molecule has 2 aromatic rings. The SMILES string of the molecule is COc1ccc(CO[C@@H](C)[C@H](Cc2ccccc2)C(C)(C)O)cc1. The molecule has 2 atom stereocenters. The van der Waals surface area contributed by atoms with E-state index in [1.165, 1.54) is 5.56 Å². The summed E-state index contributed by atoms with van der Waals surface area (Å²) >= 11 is 0. The highest BCUT2D eigenvalue weighted by molar-refractivity contribution is 5.26. The fourth-order valence-corrected chi connectivity index (χ4v) is 2.92. The summed E-state index contributed by atoms with van der Waals surface area (Å²) in [4.78, 5) is 0. The zero-order valence-corrected chi connectivity index (χ0v) is 15.0. The molecular weight excluding hydrogens is 300 g/mol. The minimum absolute atomic E-state index is 0.0122. The van der Waals surface area contributed by atoms with E-state index < -0.39 is 5.60 Å². The number of hydrogen-bond acceptors (Lipinski definition) is 3. The molecule has 0 amide bonds. The largest absolute Gasteiger partial charge is 0.497 e. The average Bonchev–Trinajstić information content (AvgIpc) is 2.58. The molecule has 0 aliphatic carbocycles. The van der Waals surface area contributed by atoms with Crippen molar-refractivity contribution < 1.29 is 14.6 Å². The monoisotopic (exact) mass is 328 g/mol. The molecular formula is C21H28O3. The third-order valence-electron chi connectivity index (χ3n) is 4.44. The predicted octanol–water partition coefficient (Wildman–Crippen LogP) is 4.23. The second kappa shape index (κ2) is 8.32. The van der Waals surface area contributed by atoms with Gasteiger partial charge < -0.3 is 14.6 Å². The summed E-state index contributed by atoms with van der Waals surface area (Å²) < 4.78 is 11.2. The molecule has 0 aliphatic heterocycles. The number of benzene rings is 2. The van der Waals surface area contributed by atoms with Gasteiger partial charge in [-0.2, -0.15) is 0 Å². The highest BCUT2D eigenvalue weighted by Crippen LogP contribution is 2.27. The molecule has 1 N–H and O–H groups in total. The molecule has 0 spiro atoms. The first kappa shape index (κ1) is 18.5. The van der Waals surface area contributed by atoms with E-state index in [2.05, 4.69) is 12.1 Å². The molecule has 3 heteroatoms. The fourth-order valence-electron chi connectivity index (χ4n) is 2.92. The van der Waals surface area contributed by atoms with Crippen molar-refractivity contribution in [3.63, 3.8) is 0 Å². The molecule has 0 saturated carbocycles. The van der Waals surface area contributed by atoms with Gasteiger partial charge in [0.25, 0.3) is 0 Å². The predicted molar refractivity (Wildman–Crippen MR) is 97.2 cm³/mol. The first-order valence-corrected chi connectivity index (χ1v) is 8.41. The van der Waals surface area contributed by atoms with Crippen molar-refractivity contribution >= 4 is 0 Å². The van der Waals surface area contributed by atoms with Gasteiger partial charge in [0.05, 0.1) is 25.4 Å². The molecule has 24 heavy (non-hydrogen) atoms. The maximum atomic E-state index is 10.6. The normalized spacial score (nSPS) is 14.2. The Hall–Kier alpha value is -1.84. The smallest absolute Gasteiger partial charge is 0.118 e. The van der Waals surface area contributed by atoms with E-state index in [1.807, 2.05) is 63.2 Å². The van der Waals surface area contributed by atoms with E-state index in [-0.39, 0.29) is 12.0 Å². The van der Waals surface area contributed by atoms with Gasteiger partial charge in [0.1, 0.15) is 5.75 Å². The molecule has 0 fully saturated rings. The van der Waals surface area contributed by atoms with E-state index in [4.69, 9.17) is 9.47 Å². The maximum absolute atomic E-state index is 10.6. The third kappa shape index (κ3) is 5.36. The summed E-state index contributed by atoms with van der Waals surface area (Å²) in [7, 11) is 1.66. The van der Waals surface area contributed by atoms with E-state index in [1.54, 1.807) is 7.11 Å². The van der Waals surface area contributed by atoms with E-state index in [9.17, 15) is 5.11 Å². The summed E-state index contributed by atoms with van der Waals surface area (Å²) in [5.41, 5.74) is 1.50. The average molecular weight is 328 g/mol. The standard InChI is InChI=1S/C21H28O3/c1-16(24-15-18-10-12-19(23-4)13-11-18)20(21(2,3)22)14-17-8-6-5-7-9-17/h5-13,16,20,22H,14-15H2,1-4H3/t16-,20-/m0/s1. The van der Waals surface area contributed by atoms with Crippen LogP contribution in [0.5, 0.6) is 5.75 Å². The van der Waals surface area contributed by atoms with Crippen molar-refractivity contribution in [1.82, 2.24) is 0 Å². The zero-order chi connectivity index (χ0) is 17.6. The molecule has 0 aromatic heterocycles. The van der Waals surface area contributed by atoms with Crippen molar-refractivity contribution in [2.24, 2.45) is 5.92 Å². The van der Waals surface area contributed by atoms with Crippen LogP contribution < -0.4 is 4.74 Å². The van der Waals surface area contributed by atoms with Gasteiger partial charge in [-0.3, -0.25) is 0 Å². The maximum Gasteiger partial charge on any atom is 0.118 e. The van der Waals surface area contributed by atoms with Crippen molar-refractivity contribution in [3.8, 4) is 5.75 Å². The van der Waals surface area contributed by atoms with Crippen LogP contribution in [0.2, 0.25) is 0 Å². The Kier molecular flexibility index (Phi) is 6.41. The third-order valence-corrected chi connectivity index (χ3v) is 4.44. The van der Waals surface area contributed by atoms with Crippen LogP contribution in [0.1, 0.15) is 31.9 Å². The minimum Gasteiger partial charge on any atom is -0.497 e. The van der Waals surface area contributed by atoms with Gasteiger partial charge >= 0.3 is 0 Å². The number of hydrogen-bond donors (Lipinski definition) is 1. The van der Waals surface area contributed by atoms with E-state index >= 15 is 0 Å². The minimum atomic E-state index is -0.810. The van der Waals surface area contributed by atoms with Gasteiger partial charge in [0, 0.05) is 5.92 Å². The lowest BCUT2D eigenvalue weighted by molar-refractivity contribution is -0.0746. The molecule has 0 bridgehead atoms. The second-order valence-electron chi connectivity index (χ2n) is 6.81. The van der Waals surface area contributed by atoms with Gasteiger partial charge in [-0.1, -0.05) is 42.5 Å². The first-order valence-electron chi connectivity index (χ1n) is 8.41. The Bertz CT molecular complexity index is 599. The van der Waals surface area contributed by atoms with Crippen LogP contribution in [-0.2, 0) is 17.8 Å². The van der Waals surface area contributed by atoms with Crippen LogP contribution in [0.4, 0.5) is 0 Å². The molecule has 0 heterocycles. The van der Waals surface area contributed by atoms with Crippen LogP contribution in [0.3, 0.4) is 0 Å². The Morgan fingerprint density at radius 1 is 0.958 bits per heavy atom. The number of methoxy groups -OCH3 is 1. The molecule has 0 radical (unpaired) electrons. The number of ether oxygens (including phenoxy) is 2. The van der Waals surface area contributed by atoms with Crippen LogP contribution in [0, 0.1) is 5.92 Å². The van der Waals surface area contributed by atoms with Crippen molar-refractivity contribution in [1.29, 1.82) is 0 Å². The van der Waals surface area contributed by atoms with Crippen molar-refractivity contribution in [2.45, 2.75) is 45.5 Å². The Labute approximate surface area is 145 Å². The van der Waals surface area contributed by atoms with Crippen LogP contribution in [0.25, 0.3) is 0 Å². The Morgan fingerprint density at radius 3 is 2.12 bits per heavy atom. The van der Waals surface area contributed by atoms with Crippen LogP contribution in [-0.4, -0.2) is 23.9 Å². The van der Waals surface area contributed by atoms with Gasteiger partial charge in [-0.25, -0.2) is 0 Å². The molecule has 0 saturated heterocycles. The fraction of sp³-hybridized carbons (Fsp3) is 0.429. The van der Waals surface area contributed by atoms with Crippen molar-refractivity contribution in [2.75, 3.05) is 7.11 Å². The van der Waals surface area contributed by atoms with Crippen LogP contribution in [0.15, 0.2) is 54.6 Å². The summed E-state index contributed by atoms with van der Waals surface area (Å²) in [6.07, 6.45) is 0.723. The molecule has 130 valence electrons. The van der Waals surface area contributed by atoms with Gasteiger partial charge in [0.2, 0.25) is 0 Å². The first-order chi connectivity index (χ1) is 11.4. The summed E-state index contributed by atoms with van der Waals surface area (Å²) in [6.45, 7) is 6.27. The summed E-state index contributed by atoms with van der Waals surface area (Å²) in [5.74, 6) is 0.850. The number of rotatable bonds is 8. The van der Waals surface area contributed by atoms with Crippen molar-refractivity contribution in [3.05, 3.63) is 65.7 Å². The van der Waals surface area contributed by atoms with E-state index in [0.717, 1.165) is 17.7 Å². The Balaban J connectivity index is 2.00. The van der Waals surface area contributed by atoms with Gasteiger partial charge in [-0.05, 0) is 50.5 Å². The lowest BCUT2D eigenvalue weighted by atomic mass is 9.82. The molecule has 0 unspecified atom stereocenters. The topological polar surface area (TPSA) is 38.7 Å². The van der Waals surface area contributed by atoms with Gasteiger partial charge in [-0.15, -0.1) is 0 Å². The molecule has 3 nitrogen and oxygen atoms in total. The zero-order valence-electron chi connectivity index (χ0n) is 15.0. The summed E-state index contributed by atoms with van der Waals surface area (Å²) in [5, 5.41) is 10.6. The molecule has 2 aromatic carbocycles. The van der Waals surface area contributed by atoms with E-state index in [0.29, 0.717) is 6.61 Å². The highest BCUT2D eigenvalue weighted by atomic mass is 16.5. The second-order valence-corrected chi connectivity index (χ2v) is 6.81. The Morgan fingerprint density at radius 2 is 1.58 bits per heavy atom. The van der Waals surface area contributed by atoms with Gasteiger partial charge in [0.15, 0.2) is 0 Å². The summed E-state index contributed by atoms with van der Waals surface area (Å²) in [6, 6.07) is 18.1.